The van der Waals surface area contributed by atoms with Crippen molar-refractivity contribution in [1.29, 1.82) is 5.26 Å². The van der Waals surface area contributed by atoms with E-state index in [1.165, 1.54) is 30.7 Å². The second kappa shape index (κ2) is 12.2. The van der Waals surface area contributed by atoms with Gasteiger partial charge in [0, 0.05) is 16.1 Å². The normalized spacial score (nSPS) is 10.5. The minimum atomic E-state index is -0.964. The maximum absolute atomic E-state index is 15.3. The molecular weight excluding hydrogens is 421 g/mol. The molecule has 0 amide bonds. The van der Waals surface area contributed by atoms with Gasteiger partial charge in [-0.3, -0.25) is 0 Å². The van der Waals surface area contributed by atoms with Crippen molar-refractivity contribution in [1.82, 2.24) is 0 Å². The Morgan fingerprint density at radius 3 is 2.55 bits per heavy atom. The summed E-state index contributed by atoms with van der Waals surface area (Å²) >= 11 is 6.06. The van der Waals surface area contributed by atoms with Crippen molar-refractivity contribution >= 4 is 17.8 Å². The van der Waals surface area contributed by atoms with Crippen molar-refractivity contribution in [3.63, 3.8) is 0 Å². The number of ether oxygens (including phenoxy) is 2. The number of rotatable bonds is 10. The highest BCUT2D eigenvalue weighted by molar-refractivity contribution is 6.31. The van der Waals surface area contributed by atoms with Crippen LogP contribution in [-0.4, -0.2) is 17.9 Å². The number of nitriles is 1. The average molecular weight is 448 g/mol. The van der Waals surface area contributed by atoms with Crippen LogP contribution in [-0.2, 0) is 11.2 Å². The summed E-state index contributed by atoms with van der Waals surface area (Å²) in [6, 6.07) is 7.69. The number of phenols is 1. The summed E-state index contributed by atoms with van der Waals surface area (Å²) in [4.78, 5) is 11.8. The van der Waals surface area contributed by atoms with Gasteiger partial charge in [0.15, 0.2) is 11.6 Å². The summed E-state index contributed by atoms with van der Waals surface area (Å²) in [6.45, 7) is 3.88. The van der Waals surface area contributed by atoms with Crippen LogP contribution in [0.1, 0.15) is 63.5 Å². The lowest BCUT2D eigenvalue weighted by molar-refractivity contribution is 0.104. The molecule has 0 bridgehead atoms. The molecule has 0 heterocycles. The van der Waals surface area contributed by atoms with Crippen LogP contribution in [0.25, 0.3) is 11.1 Å². The Morgan fingerprint density at radius 2 is 1.87 bits per heavy atom. The third kappa shape index (κ3) is 6.60. The van der Waals surface area contributed by atoms with Gasteiger partial charge in [-0.05, 0) is 49.6 Å². The summed E-state index contributed by atoms with van der Waals surface area (Å²) in [5.74, 6) is -1.48. The summed E-state index contributed by atoms with van der Waals surface area (Å²) in [5.41, 5.74) is 0.306. The zero-order valence-electron chi connectivity index (χ0n) is 17.8. The smallest absolute Gasteiger partial charge is 0.505 e. The lowest BCUT2D eigenvalue weighted by atomic mass is 9.94. The van der Waals surface area contributed by atoms with Crippen LogP contribution in [0.5, 0.6) is 11.5 Å². The van der Waals surface area contributed by atoms with Gasteiger partial charge >= 0.3 is 6.16 Å². The Bertz CT molecular complexity index is 956. The number of halogens is 2. The summed E-state index contributed by atoms with van der Waals surface area (Å²) < 4.78 is 25.2. The molecule has 2 rings (SSSR count). The molecule has 0 spiro atoms. The van der Waals surface area contributed by atoms with E-state index in [2.05, 4.69) is 6.92 Å². The molecule has 0 saturated carbocycles. The molecule has 0 saturated heterocycles. The van der Waals surface area contributed by atoms with E-state index >= 15 is 4.39 Å². The predicted molar refractivity (Wildman–Crippen MR) is 118 cm³/mol. The number of carbonyl (C=O) groups is 1. The Kier molecular flexibility index (Phi) is 9.61. The van der Waals surface area contributed by atoms with Crippen LogP contribution in [0.3, 0.4) is 0 Å². The molecule has 5 nitrogen and oxygen atoms in total. The van der Waals surface area contributed by atoms with E-state index < -0.39 is 17.7 Å². The quantitative estimate of drug-likeness (QED) is 0.237. The van der Waals surface area contributed by atoms with Gasteiger partial charge in [-0.1, -0.05) is 50.6 Å². The number of nitrogens with zero attached hydrogens (tertiary/aromatic N) is 1. The van der Waals surface area contributed by atoms with Crippen molar-refractivity contribution in [3.05, 3.63) is 46.2 Å². The fourth-order valence-electron chi connectivity index (χ4n) is 3.35. The van der Waals surface area contributed by atoms with Crippen LogP contribution in [0, 0.1) is 17.1 Å². The Balaban J connectivity index is 2.38. The largest absolute Gasteiger partial charge is 0.513 e. The van der Waals surface area contributed by atoms with E-state index in [4.69, 9.17) is 21.1 Å². The minimum absolute atomic E-state index is 0.0206. The van der Waals surface area contributed by atoms with Crippen molar-refractivity contribution in [2.24, 2.45) is 0 Å². The highest BCUT2D eigenvalue weighted by atomic mass is 35.5. The van der Waals surface area contributed by atoms with Crippen LogP contribution in [0.4, 0.5) is 9.18 Å². The van der Waals surface area contributed by atoms with Crippen LogP contribution >= 0.6 is 11.6 Å². The summed E-state index contributed by atoms with van der Waals surface area (Å²) in [5, 5.41) is 20.4. The Morgan fingerprint density at radius 1 is 1.16 bits per heavy atom. The van der Waals surface area contributed by atoms with Crippen LogP contribution in [0.2, 0.25) is 5.02 Å². The van der Waals surface area contributed by atoms with Crippen LogP contribution < -0.4 is 4.74 Å². The third-order valence-corrected chi connectivity index (χ3v) is 5.14. The van der Waals surface area contributed by atoms with Crippen LogP contribution in [0.15, 0.2) is 24.3 Å². The fraction of sp³-hybridized carbons (Fsp3) is 0.417. The second-order valence-electron chi connectivity index (χ2n) is 7.18. The van der Waals surface area contributed by atoms with Crippen molar-refractivity contribution in [2.45, 2.75) is 58.8 Å². The molecule has 0 atom stereocenters. The predicted octanol–water partition coefficient (Wildman–Crippen LogP) is 7.16. The number of unbranched alkanes of at least 4 members (excludes halogenated alkanes) is 5. The first-order valence-electron chi connectivity index (χ1n) is 10.5. The highest BCUT2D eigenvalue weighted by Crippen LogP contribution is 2.41. The van der Waals surface area contributed by atoms with Crippen molar-refractivity contribution in [2.75, 3.05) is 6.61 Å². The van der Waals surface area contributed by atoms with E-state index in [1.807, 2.05) is 6.07 Å². The van der Waals surface area contributed by atoms with Crippen molar-refractivity contribution in [3.8, 4) is 28.7 Å². The lowest BCUT2D eigenvalue weighted by Crippen LogP contribution is -2.11. The van der Waals surface area contributed by atoms with Gasteiger partial charge in [0.1, 0.15) is 5.75 Å². The molecule has 31 heavy (non-hydrogen) atoms. The zero-order chi connectivity index (χ0) is 22.8. The molecule has 0 aliphatic carbocycles. The van der Waals surface area contributed by atoms with E-state index in [0.717, 1.165) is 32.1 Å². The van der Waals surface area contributed by atoms with E-state index in [1.54, 1.807) is 6.92 Å². The monoisotopic (exact) mass is 447 g/mol. The molecule has 7 heteroatoms. The first kappa shape index (κ1) is 24.5. The summed E-state index contributed by atoms with van der Waals surface area (Å²) in [6.07, 6.45) is 5.83. The van der Waals surface area contributed by atoms with E-state index in [-0.39, 0.29) is 34.1 Å². The fourth-order valence-corrected chi connectivity index (χ4v) is 3.53. The topological polar surface area (TPSA) is 79.5 Å². The number of aromatic hydroxyl groups is 1. The zero-order valence-corrected chi connectivity index (χ0v) is 18.6. The standard InChI is InChI=1S/C24H27ClFNO4/c1-3-5-6-7-8-9-10-16-13-17(15-27)21(22(26)23(16)28)19-14-18(25)11-12-20(19)31-24(29)30-4-2/h11-14,28H,3-10H2,1-2H3. The van der Waals surface area contributed by atoms with Gasteiger partial charge in [-0.25, -0.2) is 9.18 Å². The average Bonchev–Trinajstić information content (AvgIpc) is 2.75. The molecule has 2 aromatic carbocycles. The molecule has 0 fully saturated rings. The molecule has 2 aromatic rings. The molecular formula is C24H27ClFNO4. The van der Waals surface area contributed by atoms with Gasteiger partial charge < -0.3 is 14.6 Å². The minimum Gasteiger partial charge on any atom is -0.505 e. The first-order chi connectivity index (χ1) is 14.9. The SMILES string of the molecule is CCCCCCCCc1cc(C#N)c(-c2cc(Cl)ccc2OC(=O)OCC)c(F)c1O. The maximum atomic E-state index is 15.3. The highest BCUT2D eigenvalue weighted by Gasteiger charge is 2.23. The van der Waals surface area contributed by atoms with E-state index in [9.17, 15) is 15.2 Å². The number of hydrogen-bond donors (Lipinski definition) is 1. The molecule has 0 aromatic heterocycles. The molecule has 0 unspecified atom stereocenters. The molecule has 0 radical (unpaired) electrons. The van der Waals surface area contributed by atoms with Gasteiger partial charge in [0.2, 0.25) is 0 Å². The first-order valence-corrected chi connectivity index (χ1v) is 10.9. The number of aryl methyl sites for hydroxylation is 1. The number of carbonyl (C=O) groups excluding carboxylic acids is 1. The molecule has 0 aliphatic heterocycles. The number of hydrogen-bond acceptors (Lipinski definition) is 5. The van der Waals surface area contributed by atoms with Crippen molar-refractivity contribution < 1.29 is 23.8 Å². The van der Waals surface area contributed by atoms with Gasteiger partial charge in [-0.2, -0.15) is 5.26 Å². The van der Waals surface area contributed by atoms with E-state index in [0.29, 0.717) is 12.0 Å². The number of phenolic OH excluding ortho intramolecular Hbond substituents is 1. The van der Waals surface area contributed by atoms with Gasteiger partial charge in [0.05, 0.1) is 18.2 Å². The Hall–Kier alpha value is -2.78. The molecule has 0 aliphatic rings. The van der Waals surface area contributed by atoms with Gasteiger partial charge in [0.25, 0.3) is 0 Å². The summed E-state index contributed by atoms with van der Waals surface area (Å²) in [7, 11) is 0. The molecule has 1 N–H and O–H groups in total. The molecule has 166 valence electrons. The second-order valence-corrected chi connectivity index (χ2v) is 7.61. The number of benzene rings is 2. The lowest BCUT2D eigenvalue weighted by Gasteiger charge is -2.15. The Labute approximate surface area is 187 Å². The third-order valence-electron chi connectivity index (χ3n) is 4.91. The van der Waals surface area contributed by atoms with Gasteiger partial charge in [-0.15, -0.1) is 0 Å². The maximum Gasteiger partial charge on any atom is 0.513 e.